The van der Waals surface area contributed by atoms with E-state index in [1.807, 2.05) is 5.38 Å². The van der Waals surface area contributed by atoms with Crippen molar-refractivity contribution in [1.29, 1.82) is 0 Å². The Kier molecular flexibility index (Phi) is 4.64. The Hall–Kier alpha value is -1.46. The first-order valence-electron chi connectivity index (χ1n) is 6.85. The van der Waals surface area contributed by atoms with Gasteiger partial charge in [-0.15, -0.1) is 11.3 Å². The van der Waals surface area contributed by atoms with Gasteiger partial charge in [0, 0.05) is 34.9 Å². The molecule has 2 rings (SSSR count). The average Bonchev–Trinajstić information content (AvgIpc) is 2.86. The molecule has 5 heteroatoms. The Bertz CT molecular complexity index is 619. The molecule has 1 atom stereocenters. The van der Waals surface area contributed by atoms with E-state index in [2.05, 4.69) is 25.8 Å². The number of benzene rings is 1. The van der Waals surface area contributed by atoms with Crippen LogP contribution < -0.4 is 10.5 Å². The highest BCUT2D eigenvalue weighted by atomic mass is 32.1. The first-order chi connectivity index (χ1) is 9.81. The topological polar surface area (TPSA) is 48.1 Å². The van der Waals surface area contributed by atoms with Gasteiger partial charge in [0.25, 0.3) is 0 Å². The number of thiazole rings is 1. The highest BCUT2D eigenvalue weighted by molar-refractivity contribution is 7.09. The van der Waals surface area contributed by atoms with Gasteiger partial charge in [-0.2, -0.15) is 0 Å². The average molecular weight is 308 g/mol. The van der Waals surface area contributed by atoms with E-state index in [0.717, 1.165) is 10.7 Å². The van der Waals surface area contributed by atoms with E-state index < -0.39 is 6.04 Å². The smallest absolute Gasteiger partial charge is 0.131 e. The number of hydrogen-bond donors (Lipinski definition) is 1. The lowest BCUT2D eigenvalue weighted by molar-refractivity contribution is 0.410. The summed E-state index contributed by atoms with van der Waals surface area (Å²) in [5.74, 6) is 0.155. The second-order valence-corrected chi connectivity index (χ2v) is 7.02. The summed E-state index contributed by atoms with van der Waals surface area (Å²) in [5.41, 5.74) is 7.68. The van der Waals surface area contributed by atoms with E-state index in [4.69, 9.17) is 10.5 Å². The Morgan fingerprint density at radius 3 is 2.62 bits per heavy atom. The molecule has 1 heterocycles. The lowest BCUT2D eigenvalue weighted by atomic mass is 9.93. The van der Waals surface area contributed by atoms with E-state index >= 15 is 0 Å². The summed E-state index contributed by atoms with van der Waals surface area (Å²) < 4.78 is 19.0. The molecule has 0 aliphatic rings. The molecule has 114 valence electrons. The molecule has 1 aromatic carbocycles. The number of hydrogen-bond acceptors (Lipinski definition) is 4. The molecule has 3 nitrogen and oxygen atoms in total. The molecular formula is C16H21FN2OS. The van der Waals surface area contributed by atoms with Crippen molar-refractivity contribution in [3.8, 4) is 5.75 Å². The van der Waals surface area contributed by atoms with Crippen LogP contribution in [0.2, 0.25) is 0 Å². The van der Waals surface area contributed by atoms with Crippen LogP contribution in [0.3, 0.4) is 0 Å². The molecule has 1 unspecified atom stereocenters. The molecule has 21 heavy (non-hydrogen) atoms. The summed E-state index contributed by atoms with van der Waals surface area (Å²) in [6, 6.07) is 4.35. The molecule has 0 radical (unpaired) electrons. The predicted molar refractivity (Wildman–Crippen MR) is 84.4 cm³/mol. The van der Waals surface area contributed by atoms with Crippen molar-refractivity contribution >= 4 is 11.3 Å². The van der Waals surface area contributed by atoms with Crippen molar-refractivity contribution in [3.63, 3.8) is 0 Å². The summed E-state index contributed by atoms with van der Waals surface area (Å²) >= 11 is 1.57. The molecule has 2 N–H and O–H groups in total. The Balaban J connectivity index is 2.14. The van der Waals surface area contributed by atoms with E-state index in [9.17, 15) is 4.39 Å². The van der Waals surface area contributed by atoms with E-state index in [-0.39, 0.29) is 11.2 Å². The Labute approximate surface area is 129 Å². The van der Waals surface area contributed by atoms with Crippen molar-refractivity contribution in [2.75, 3.05) is 7.11 Å². The normalized spacial score (nSPS) is 13.2. The maximum Gasteiger partial charge on any atom is 0.131 e. The number of ether oxygens (including phenoxy) is 1. The van der Waals surface area contributed by atoms with Crippen LogP contribution >= 0.6 is 11.3 Å². The molecule has 2 aromatic rings. The number of aromatic nitrogens is 1. The lowest BCUT2D eigenvalue weighted by Gasteiger charge is -2.15. The van der Waals surface area contributed by atoms with Crippen LogP contribution in [0.4, 0.5) is 4.39 Å². The van der Waals surface area contributed by atoms with E-state index in [1.165, 1.54) is 13.2 Å². The molecule has 0 fully saturated rings. The zero-order valence-corrected chi connectivity index (χ0v) is 13.6. The van der Waals surface area contributed by atoms with Crippen molar-refractivity contribution in [2.45, 2.75) is 38.6 Å². The zero-order valence-electron chi connectivity index (χ0n) is 12.8. The van der Waals surface area contributed by atoms with Crippen molar-refractivity contribution in [2.24, 2.45) is 5.73 Å². The highest BCUT2D eigenvalue weighted by Gasteiger charge is 2.19. The number of nitrogens with zero attached hydrogens (tertiary/aromatic N) is 1. The minimum Gasteiger partial charge on any atom is -0.497 e. The summed E-state index contributed by atoms with van der Waals surface area (Å²) in [6.07, 6.45) is 0.532. The maximum absolute atomic E-state index is 14.0. The summed E-state index contributed by atoms with van der Waals surface area (Å²) in [5, 5.41) is 2.98. The Morgan fingerprint density at radius 2 is 2.10 bits per heavy atom. The molecule has 0 saturated heterocycles. The number of halogens is 1. The molecule has 0 bridgehead atoms. The van der Waals surface area contributed by atoms with E-state index in [1.54, 1.807) is 23.5 Å². The molecule has 0 saturated carbocycles. The van der Waals surface area contributed by atoms with Gasteiger partial charge in [-0.3, -0.25) is 0 Å². The third-order valence-electron chi connectivity index (χ3n) is 3.32. The second kappa shape index (κ2) is 6.12. The van der Waals surface area contributed by atoms with Crippen molar-refractivity contribution in [3.05, 3.63) is 45.7 Å². The van der Waals surface area contributed by atoms with Crippen LogP contribution in [0.5, 0.6) is 5.75 Å². The van der Waals surface area contributed by atoms with Gasteiger partial charge in [0.2, 0.25) is 0 Å². The fourth-order valence-electron chi connectivity index (χ4n) is 1.98. The van der Waals surface area contributed by atoms with E-state index in [0.29, 0.717) is 17.7 Å². The van der Waals surface area contributed by atoms with Gasteiger partial charge in [0.15, 0.2) is 0 Å². The van der Waals surface area contributed by atoms with Crippen LogP contribution in [0.1, 0.15) is 43.1 Å². The maximum atomic E-state index is 14.0. The first kappa shape index (κ1) is 15.9. The largest absolute Gasteiger partial charge is 0.497 e. The third kappa shape index (κ3) is 3.80. The fourth-order valence-corrected chi connectivity index (χ4v) is 3.06. The van der Waals surface area contributed by atoms with Gasteiger partial charge >= 0.3 is 0 Å². The molecular weight excluding hydrogens is 287 g/mol. The zero-order chi connectivity index (χ0) is 15.6. The van der Waals surface area contributed by atoms with Crippen molar-refractivity contribution in [1.82, 2.24) is 4.98 Å². The lowest BCUT2D eigenvalue weighted by Crippen LogP contribution is -2.16. The number of methoxy groups -OCH3 is 1. The Morgan fingerprint density at radius 1 is 1.38 bits per heavy atom. The summed E-state index contributed by atoms with van der Waals surface area (Å²) in [7, 11) is 1.51. The van der Waals surface area contributed by atoms with Gasteiger partial charge < -0.3 is 10.5 Å². The molecule has 0 spiro atoms. The van der Waals surface area contributed by atoms with Gasteiger partial charge in [0.1, 0.15) is 11.6 Å². The quantitative estimate of drug-likeness (QED) is 0.934. The summed E-state index contributed by atoms with van der Waals surface area (Å²) in [6.45, 7) is 6.36. The van der Waals surface area contributed by atoms with Crippen LogP contribution in [0.15, 0.2) is 23.6 Å². The second-order valence-electron chi connectivity index (χ2n) is 6.07. The van der Waals surface area contributed by atoms with Gasteiger partial charge in [-0.05, 0) is 6.07 Å². The number of nitrogens with two attached hydrogens (primary N) is 1. The van der Waals surface area contributed by atoms with Crippen LogP contribution in [-0.4, -0.2) is 12.1 Å². The molecule has 0 aliphatic carbocycles. The van der Waals surface area contributed by atoms with Gasteiger partial charge in [-0.25, -0.2) is 9.37 Å². The van der Waals surface area contributed by atoms with Crippen LogP contribution in [0.25, 0.3) is 0 Å². The molecule has 0 amide bonds. The standard InChI is InChI=1S/C16H21FN2OS/c1-16(2,3)14-9-21-15(19-14)8-13(18)11-6-5-10(20-4)7-12(11)17/h5-7,9,13H,8,18H2,1-4H3. The minimum atomic E-state index is -0.408. The number of rotatable bonds is 4. The van der Waals surface area contributed by atoms with Crippen LogP contribution in [-0.2, 0) is 11.8 Å². The van der Waals surface area contributed by atoms with Crippen molar-refractivity contribution < 1.29 is 9.13 Å². The van der Waals surface area contributed by atoms with Gasteiger partial charge in [0.05, 0.1) is 17.8 Å². The third-order valence-corrected chi connectivity index (χ3v) is 4.19. The fraction of sp³-hybridized carbons (Fsp3) is 0.438. The minimum absolute atomic E-state index is 0.0181. The summed E-state index contributed by atoms with van der Waals surface area (Å²) in [4.78, 5) is 4.60. The SMILES string of the molecule is COc1ccc(C(N)Cc2nc(C(C)(C)C)cs2)c(F)c1. The molecule has 0 aliphatic heterocycles. The highest BCUT2D eigenvalue weighted by Crippen LogP contribution is 2.27. The molecule has 1 aromatic heterocycles. The predicted octanol–water partition coefficient (Wildman–Crippen LogP) is 3.83. The van der Waals surface area contributed by atoms with Gasteiger partial charge in [-0.1, -0.05) is 26.8 Å². The first-order valence-corrected chi connectivity index (χ1v) is 7.73. The monoisotopic (exact) mass is 308 g/mol. The van der Waals surface area contributed by atoms with Crippen LogP contribution in [0, 0.1) is 5.82 Å².